The van der Waals surface area contributed by atoms with E-state index in [-0.39, 0.29) is 11.3 Å². The number of fused-ring (bicyclic) bond motifs is 1. The van der Waals surface area contributed by atoms with Gasteiger partial charge in [-0.2, -0.15) is 5.10 Å². The molecule has 0 radical (unpaired) electrons. The minimum Gasteiger partial charge on any atom is -0.493 e. The number of nitrogens with zero attached hydrogens (tertiary/aromatic N) is 3. The Labute approximate surface area is 175 Å². The summed E-state index contributed by atoms with van der Waals surface area (Å²) in [4.78, 5) is 26.2. The number of methoxy groups -OCH3 is 2. The van der Waals surface area contributed by atoms with E-state index in [0.29, 0.717) is 36.4 Å². The molecule has 0 bridgehead atoms. The molecule has 1 aromatic heterocycles. The normalized spacial score (nSPS) is 10.8. The fourth-order valence-electron chi connectivity index (χ4n) is 3.41. The Morgan fingerprint density at radius 2 is 1.87 bits per heavy atom. The molecule has 1 amide bonds. The quantitative estimate of drug-likeness (QED) is 0.543. The maximum atomic E-state index is 12.5. The van der Waals surface area contributed by atoms with Gasteiger partial charge in [0.2, 0.25) is 11.3 Å². The number of carbonyl (C=O) groups is 1. The molecule has 7 nitrogen and oxygen atoms in total. The molecule has 0 fully saturated rings. The Morgan fingerprint density at radius 3 is 2.63 bits per heavy atom. The number of aromatic nitrogens is 2. The predicted octanol–water partition coefficient (Wildman–Crippen LogP) is 2.90. The van der Waals surface area contributed by atoms with E-state index in [9.17, 15) is 9.59 Å². The molecule has 2 aromatic carbocycles. The van der Waals surface area contributed by atoms with Crippen molar-refractivity contribution >= 4 is 16.8 Å². The number of carbonyl (C=O) groups excluding carboxylic acids is 1. The van der Waals surface area contributed by atoms with Crippen LogP contribution in [0, 0.1) is 0 Å². The Balaban J connectivity index is 1.52. The van der Waals surface area contributed by atoms with Crippen molar-refractivity contribution in [1.82, 2.24) is 14.7 Å². The number of para-hydroxylation sites is 1. The first kappa shape index (κ1) is 21.4. The summed E-state index contributed by atoms with van der Waals surface area (Å²) >= 11 is 0. The Morgan fingerprint density at radius 1 is 1.10 bits per heavy atom. The molecular formula is C23H27N3O4. The van der Waals surface area contributed by atoms with Crippen molar-refractivity contribution in [3.8, 4) is 11.5 Å². The largest absolute Gasteiger partial charge is 0.493 e. The van der Waals surface area contributed by atoms with Gasteiger partial charge >= 0.3 is 0 Å². The summed E-state index contributed by atoms with van der Waals surface area (Å²) in [6.45, 7) is 1.09. The summed E-state index contributed by atoms with van der Waals surface area (Å²) in [5.41, 5.74) is 1.77. The van der Waals surface area contributed by atoms with Crippen LogP contribution in [0.5, 0.6) is 11.5 Å². The van der Waals surface area contributed by atoms with Gasteiger partial charge in [-0.05, 0) is 42.7 Å². The molecule has 0 unspecified atom stereocenters. The van der Waals surface area contributed by atoms with Gasteiger partial charge in [-0.3, -0.25) is 14.3 Å². The van der Waals surface area contributed by atoms with E-state index in [4.69, 9.17) is 9.47 Å². The molecular weight excluding hydrogens is 382 g/mol. The fraction of sp³-hybridized carbons (Fsp3) is 0.348. The molecule has 3 aromatic rings. The monoisotopic (exact) mass is 409 g/mol. The van der Waals surface area contributed by atoms with Crippen LogP contribution in [-0.2, 0) is 17.8 Å². The molecule has 0 N–H and O–H groups in total. The van der Waals surface area contributed by atoms with Gasteiger partial charge in [0.05, 0.1) is 32.5 Å². The van der Waals surface area contributed by atoms with Crippen molar-refractivity contribution in [3.63, 3.8) is 0 Å². The van der Waals surface area contributed by atoms with Crippen molar-refractivity contribution in [2.45, 2.75) is 25.8 Å². The number of hydrogen-bond acceptors (Lipinski definition) is 5. The number of ether oxygens (including phenoxy) is 2. The summed E-state index contributed by atoms with van der Waals surface area (Å²) in [5.74, 6) is 1.46. The Hall–Kier alpha value is -3.35. The summed E-state index contributed by atoms with van der Waals surface area (Å²) in [6.07, 6.45) is 3.31. The van der Waals surface area contributed by atoms with Crippen LogP contribution >= 0.6 is 0 Å². The van der Waals surface area contributed by atoms with E-state index in [2.05, 4.69) is 5.10 Å². The van der Waals surface area contributed by atoms with Crippen LogP contribution in [0.15, 0.2) is 53.5 Å². The van der Waals surface area contributed by atoms with E-state index < -0.39 is 0 Å². The van der Waals surface area contributed by atoms with Crippen molar-refractivity contribution < 1.29 is 14.3 Å². The van der Waals surface area contributed by atoms with Crippen LogP contribution in [0.2, 0.25) is 0 Å². The second kappa shape index (κ2) is 9.91. The van der Waals surface area contributed by atoms with E-state index in [1.807, 2.05) is 43.4 Å². The molecule has 0 aliphatic rings. The lowest BCUT2D eigenvalue weighted by atomic mass is 10.1. The zero-order valence-electron chi connectivity index (χ0n) is 17.6. The molecule has 0 atom stereocenters. The second-order valence-electron chi connectivity index (χ2n) is 7.11. The minimum atomic E-state index is -0.111. The van der Waals surface area contributed by atoms with Gasteiger partial charge < -0.3 is 14.4 Å². The molecule has 7 heteroatoms. The first-order valence-electron chi connectivity index (χ1n) is 9.93. The molecule has 0 aliphatic carbocycles. The topological polar surface area (TPSA) is 73.7 Å². The summed E-state index contributed by atoms with van der Waals surface area (Å²) in [5, 5.41) is 4.80. The zero-order chi connectivity index (χ0) is 21.5. The van der Waals surface area contributed by atoms with Crippen molar-refractivity contribution in [1.29, 1.82) is 0 Å². The standard InChI is InChI=1S/C23H27N3O4/c1-25(13-6-7-17-10-11-21(29-2)22(15-17)30-3)23(28)12-14-26-19-9-5-4-8-18(19)20(27)16-24-26/h4-5,8-11,15-16H,6-7,12-14H2,1-3H3. The van der Waals surface area contributed by atoms with Crippen LogP contribution in [-0.4, -0.2) is 48.4 Å². The minimum absolute atomic E-state index is 0.0480. The van der Waals surface area contributed by atoms with Crippen molar-refractivity contribution in [2.24, 2.45) is 0 Å². The van der Waals surface area contributed by atoms with Gasteiger partial charge in [-0.25, -0.2) is 0 Å². The van der Waals surface area contributed by atoms with Crippen LogP contribution in [0.4, 0.5) is 0 Å². The van der Waals surface area contributed by atoms with E-state index in [1.54, 1.807) is 29.9 Å². The van der Waals surface area contributed by atoms with E-state index in [0.717, 1.165) is 23.9 Å². The summed E-state index contributed by atoms with van der Waals surface area (Å²) in [7, 11) is 5.05. The molecule has 30 heavy (non-hydrogen) atoms. The molecule has 3 rings (SSSR count). The lowest BCUT2D eigenvalue weighted by Gasteiger charge is -2.18. The maximum Gasteiger partial charge on any atom is 0.224 e. The van der Waals surface area contributed by atoms with Crippen molar-refractivity contribution in [2.75, 3.05) is 27.8 Å². The van der Waals surface area contributed by atoms with Gasteiger partial charge in [0.25, 0.3) is 0 Å². The zero-order valence-corrected chi connectivity index (χ0v) is 17.6. The third-order valence-corrected chi connectivity index (χ3v) is 5.13. The molecule has 0 aliphatic heterocycles. The van der Waals surface area contributed by atoms with Crippen LogP contribution < -0.4 is 14.9 Å². The first-order chi connectivity index (χ1) is 14.5. The average Bonchev–Trinajstić information content (AvgIpc) is 2.78. The molecule has 0 saturated carbocycles. The lowest BCUT2D eigenvalue weighted by Crippen LogP contribution is -2.29. The van der Waals surface area contributed by atoms with Gasteiger partial charge in [0.1, 0.15) is 0 Å². The van der Waals surface area contributed by atoms with E-state index >= 15 is 0 Å². The third kappa shape index (κ3) is 4.97. The van der Waals surface area contributed by atoms with Crippen molar-refractivity contribution in [3.05, 3.63) is 64.4 Å². The summed E-state index contributed by atoms with van der Waals surface area (Å²) in [6, 6.07) is 13.2. The second-order valence-corrected chi connectivity index (χ2v) is 7.11. The SMILES string of the molecule is COc1ccc(CCCN(C)C(=O)CCn2ncc(=O)c3ccccc32)cc1OC. The van der Waals surface area contributed by atoms with Gasteiger partial charge in [0.15, 0.2) is 11.5 Å². The maximum absolute atomic E-state index is 12.5. The van der Waals surface area contributed by atoms with Gasteiger partial charge in [0, 0.05) is 25.4 Å². The Kier molecular flexibility index (Phi) is 7.06. The predicted molar refractivity (Wildman–Crippen MR) is 116 cm³/mol. The summed E-state index contributed by atoms with van der Waals surface area (Å²) < 4.78 is 12.3. The molecule has 1 heterocycles. The average molecular weight is 409 g/mol. The third-order valence-electron chi connectivity index (χ3n) is 5.13. The molecule has 0 spiro atoms. The number of amides is 1. The van der Waals surface area contributed by atoms with Gasteiger partial charge in [-0.1, -0.05) is 18.2 Å². The number of rotatable bonds is 9. The lowest BCUT2D eigenvalue weighted by molar-refractivity contribution is -0.130. The molecule has 0 saturated heterocycles. The van der Waals surface area contributed by atoms with Crippen LogP contribution in [0.3, 0.4) is 0 Å². The number of benzene rings is 2. The van der Waals surface area contributed by atoms with Crippen LogP contribution in [0.1, 0.15) is 18.4 Å². The van der Waals surface area contributed by atoms with Gasteiger partial charge in [-0.15, -0.1) is 0 Å². The highest BCUT2D eigenvalue weighted by atomic mass is 16.5. The highest BCUT2D eigenvalue weighted by molar-refractivity contribution is 5.79. The molecule has 158 valence electrons. The highest BCUT2D eigenvalue weighted by Gasteiger charge is 2.11. The number of aryl methyl sites for hydroxylation is 2. The smallest absolute Gasteiger partial charge is 0.224 e. The van der Waals surface area contributed by atoms with Crippen LogP contribution in [0.25, 0.3) is 10.9 Å². The number of hydrogen-bond donors (Lipinski definition) is 0. The Bertz CT molecular complexity index is 1080. The fourth-order valence-corrected chi connectivity index (χ4v) is 3.41. The first-order valence-corrected chi connectivity index (χ1v) is 9.93. The van der Waals surface area contributed by atoms with E-state index in [1.165, 1.54) is 6.20 Å². The highest BCUT2D eigenvalue weighted by Crippen LogP contribution is 2.27.